The van der Waals surface area contributed by atoms with Crippen molar-refractivity contribution in [2.75, 3.05) is 6.61 Å². The van der Waals surface area contributed by atoms with Gasteiger partial charge in [-0.05, 0) is 43.7 Å². The molecule has 0 aromatic heterocycles. The Kier molecular flexibility index (Phi) is 3.62. The zero-order valence-corrected chi connectivity index (χ0v) is 10.1. The molecule has 1 fully saturated rings. The van der Waals surface area contributed by atoms with Crippen LogP contribution in [0.25, 0.3) is 0 Å². The van der Waals surface area contributed by atoms with Crippen molar-refractivity contribution in [1.29, 1.82) is 0 Å². The molecule has 88 valence electrons. The van der Waals surface area contributed by atoms with Crippen LogP contribution in [0.3, 0.4) is 0 Å². The molecule has 0 spiro atoms. The number of rotatable bonds is 5. The van der Waals surface area contributed by atoms with Crippen LogP contribution < -0.4 is 5.73 Å². The van der Waals surface area contributed by atoms with E-state index in [-0.39, 0.29) is 12.1 Å². The van der Waals surface area contributed by atoms with Gasteiger partial charge in [0.25, 0.3) is 0 Å². The van der Waals surface area contributed by atoms with E-state index in [1.54, 1.807) is 0 Å². The maximum Gasteiger partial charge on any atom is 0.0795 e. The topological polar surface area (TPSA) is 35.2 Å². The first-order chi connectivity index (χ1) is 7.74. The maximum atomic E-state index is 6.34. The van der Waals surface area contributed by atoms with Crippen LogP contribution in [0.2, 0.25) is 0 Å². The van der Waals surface area contributed by atoms with E-state index < -0.39 is 0 Å². The maximum absolute atomic E-state index is 6.34. The van der Waals surface area contributed by atoms with Crippen molar-refractivity contribution in [1.82, 2.24) is 0 Å². The highest BCUT2D eigenvalue weighted by Gasteiger charge is 2.36. The molecule has 2 atom stereocenters. The third-order valence-electron chi connectivity index (χ3n) is 3.35. The summed E-state index contributed by atoms with van der Waals surface area (Å²) in [7, 11) is 0. The highest BCUT2D eigenvalue weighted by molar-refractivity contribution is 5.29. The summed E-state index contributed by atoms with van der Waals surface area (Å²) < 4.78 is 5.81. The van der Waals surface area contributed by atoms with Gasteiger partial charge in [0.15, 0.2) is 0 Å². The lowest BCUT2D eigenvalue weighted by atomic mass is 9.95. The molecule has 0 amide bonds. The Morgan fingerprint density at radius 2 is 2.06 bits per heavy atom. The van der Waals surface area contributed by atoms with Gasteiger partial charge in [-0.15, -0.1) is 0 Å². The fourth-order valence-electron chi connectivity index (χ4n) is 2.29. The quantitative estimate of drug-likeness (QED) is 0.826. The summed E-state index contributed by atoms with van der Waals surface area (Å²) in [6, 6.07) is 8.37. The molecule has 1 aromatic carbocycles. The van der Waals surface area contributed by atoms with Crippen LogP contribution in [-0.4, -0.2) is 12.7 Å². The second-order valence-electron chi connectivity index (χ2n) is 4.64. The molecule has 2 rings (SSSR count). The summed E-state index contributed by atoms with van der Waals surface area (Å²) in [5.74, 6) is 0.676. The standard InChI is InChI=1S/C14H21NO/c1-3-16-14(11-8-9-11)13(15)12-7-5-4-6-10(12)2/h4-7,11,13-14H,3,8-9,15H2,1-2H3. The molecule has 0 heterocycles. The minimum Gasteiger partial charge on any atom is -0.376 e. The lowest BCUT2D eigenvalue weighted by Crippen LogP contribution is -2.31. The molecule has 0 radical (unpaired) electrons. The number of nitrogens with two attached hydrogens (primary N) is 1. The molecule has 0 aliphatic heterocycles. The average Bonchev–Trinajstić information content (AvgIpc) is 3.09. The average molecular weight is 219 g/mol. The zero-order chi connectivity index (χ0) is 11.5. The number of aryl methyl sites for hydroxylation is 1. The molecule has 0 saturated heterocycles. The lowest BCUT2D eigenvalue weighted by Gasteiger charge is -2.25. The number of ether oxygens (including phenoxy) is 1. The van der Waals surface area contributed by atoms with E-state index in [9.17, 15) is 0 Å². The van der Waals surface area contributed by atoms with Crippen LogP contribution in [-0.2, 0) is 4.74 Å². The van der Waals surface area contributed by atoms with E-state index >= 15 is 0 Å². The molecule has 2 heteroatoms. The summed E-state index contributed by atoms with van der Waals surface area (Å²) in [6.07, 6.45) is 2.74. The normalized spacial score (nSPS) is 19.4. The highest BCUT2D eigenvalue weighted by Crippen LogP contribution is 2.39. The summed E-state index contributed by atoms with van der Waals surface area (Å²) in [5.41, 5.74) is 8.84. The number of benzene rings is 1. The zero-order valence-electron chi connectivity index (χ0n) is 10.1. The van der Waals surface area contributed by atoms with Gasteiger partial charge in [0.05, 0.1) is 12.1 Å². The van der Waals surface area contributed by atoms with Gasteiger partial charge in [-0.2, -0.15) is 0 Å². The third kappa shape index (κ3) is 2.45. The third-order valence-corrected chi connectivity index (χ3v) is 3.35. The Morgan fingerprint density at radius 3 is 2.62 bits per heavy atom. The van der Waals surface area contributed by atoms with Gasteiger partial charge in [-0.1, -0.05) is 24.3 Å². The molecule has 1 aliphatic carbocycles. The van der Waals surface area contributed by atoms with Crippen molar-refractivity contribution in [3.8, 4) is 0 Å². The molecule has 2 nitrogen and oxygen atoms in total. The summed E-state index contributed by atoms with van der Waals surface area (Å²) in [4.78, 5) is 0. The minimum absolute atomic E-state index is 0.0219. The van der Waals surface area contributed by atoms with Crippen LogP contribution >= 0.6 is 0 Å². The van der Waals surface area contributed by atoms with Crippen molar-refractivity contribution in [3.05, 3.63) is 35.4 Å². The van der Waals surface area contributed by atoms with E-state index in [0.29, 0.717) is 5.92 Å². The Hall–Kier alpha value is -0.860. The van der Waals surface area contributed by atoms with Gasteiger partial charge in [0, 0.05) is 6.61 Å². The smallest absolute Gasteiger partial charge is 0.0795 e. The molecular formula is C14H21NO. The first kappa shape index (κ1) is 11.6. The van der Waals surface area contributed by atoms with Gasteiger partial charge in [0.1, 0.15) is 0 Å². The second kappa shape index (κ2) is 4.98. The summed E-state index contributed by atoms with van der Waals surface area (Å²) >= 11 is 0. The van der Waals surface area contributed by atoms with Gasteiger partial charge in [-0.25, -0.2) is 0 Å². The SMILES string of the molecule is CCOC(C1CC1)C(N)c1ccccc1C. The van der Waals surface area contributed by atoms with Gasteiger partial charge >= 0.3 is 0 Å². The molecule has 1 saturated carbocycles. The molecule has 1 aliphatic rings. The fraction of sp³-hybridized carbons (Fsp3) is 0.571. The van der Waals surface area contributed by atoms with Crippen molar-refractivity contribution in [2.45, 2.75) is 38.8 Å². The van der Waals surface area contributed by atoms with E-state index in [1.807, 2.05) is 6.92 Å². The van der Waals surface area contributed by atoms with Gasteiger partial charge < -0.3 is 10.5 Å². The van der Waals surface area contributed by atoms with Crippen LogP contribution in [0, 0.1) is 12.8 Å². The van der Waals surface area contributed by atoms with E-state index in [4.69, 9.17) is 10.5 Å². The molecule has 1 aromatic rings. The van der Waals surface area contributed by atoms with Gasteiger partial charge in [0.2, 0.25) is 0 Å². The van der Waals surface area contributed by atoms with Crippen molar-refractivity contribution in [3.63, 3.8) is 0 Å². The first-order valence-electron chi connectivity index (χ1n) is 6.16. The largest absolute Gasteiger partial charge is 0.376 e. The Labute approximate surface area is 97.8 Å². The van der Waals surface area contributed by atoms with Crippen LogP contribution in [0.15, 0.2) is 24.3 Å². The highest BCUT2D eigenvalue weighted by atomic mass is 16.5. The van der Waals surface area contributed by atoms with Crippen molar-refractivity contribution < 1.29 is 4.74 Å². The van der Waals surface area contributed by atoms with Crippen LogP contribution in [0.1, 0.15) is 36.9 Å². The predicted octanol–water partition coefficient (Wildman–Crippen LogP) is 2.81. The minimum atomic E-state index is 0.0219. The summed E-state index contributed by atoms with van der Waals surface area (Å²) in [5, 5.41) is 0. The number of hydrogen-bond donors (Lipinski definition) is 1. The van der Waals surface area contributed by atoms with E-state index in [1.165, 1.54) is 24.0 Å². The summed E-state index contributed by atoms with van der Waals surface area (Å²) in [6.45, 7) is 4.91. The number of hydrogen-bond acceptors (Lipinski definition) is 2. The molecule has 2 unspecified atom stereocenters. The predicted molar refractivity (Wildman–Crippen MR) is 66.2 cm³/mol. The Bertz CT molecular complexity index is 346. The first-order valence-corrected chi connectivity index (χ1v) is 6.16. The fourth-order valence-corrected chi connectivity index (χ4v) is 2.29. The van der Waals surface area contributed by atoms with E-state index in [0.717, 1.165) is 6.61 Å². The second-order valence-corrected chi connectivity index (χ2v) is 4.64. The molecule has 2 N–H and O–H groups in total. The van der Waals surface area contributed by atoms with Crippen molar-refractivity contribution in [2.24, 2.45) is 11.7 Å². The molecule has 16 heavy (non-hydrogen) atoms. The molecule has 0 bridgehead atoms. The van der Waals surface area contributed by atoms with E-state index in [2.05, 4.69) is 31.2 Å². The Balaban J connectivity index is 2.15. The van der Waals surface area contributed by atoms with Crippen LogP contribution in [0.5, 0.6) is 0 Å². The molecular weight excluding hydrogens is 198 g/mol. The lowest BCUT2D eigenvalue weighted by molar-refractivity contribution is 0.0281. The van der Waals surface area contributed by atoms with Crippen molar-refractivity contribution >= 4 is 0 Å². The van der Waals surface area contributed by atoms with Gasteiger partial charge in [-0.3, -0.25) is 0 Å². The van der Waals surface area contributed by atoms with Crippen LogP contribution in [0.4, 0.5) is 0 Å². The Morgan fingerprint density at radius 1 is 1.38 bits per heavy atom. The monoisotopic (exact) mass is 219 g/mol.